The second-order valence-corrected chi connectivity index (χ2v) is 4.83. The van der Waals surface area contributed by atoms with Crippen LogP contribution in [0.25, 0.3) is 0 Å². The second kappa shape index (κ2) is 6.80. The summed E-state index contributed by atoms with van der Waals surface area (Å²) in [6.45, 7) is 3.91. The number of aromatic amines is 1. The van der Waals surface area contributed by atoms with Crippen molar-refractivity contribution in [2.45, 2.75) is 13.8 Å². The van der Waals surface area contributed by atoms with Gasteiger partial charge in [0.25, 0.3) is 5.91 Å². The number of aromatic nitrogens is 1. The van der Waals surface area contributed by atoms with Crippen LogP contribution in [-0.2, 0) is 0 Å². The highest BCUT2D eigenvalue weighted by atomic mass is 16.5. The van der Waals surface area contributed by atoms with Crippen LogP contribution in [0.3, 0.4) is 0 Å². The fourth-order valence-corrected chi connectivity index (χ4v) is 2.04. The molecule has 0 bridgehead atoms. The summed E-state index contributed by atoms with van der Waals surface area (Å²) in [5.41, 5.74) is 5.88. The number of methoxy groups -OCH3 is 2. The van der Waals surface area contributed by atoms with Crippen LogP contribution >= 0.6 is 0 Å². The Kier molecular flexibility index (Phi) is 4.83. The second-order valence-electron chi connectivity index (χ2n) is 4.83. The molecule has 2 N–H and O–H groups in total. The summed E-state index contributed by atoms with van der Waals surface area (Å²) in [7, 11) is 3.07. The van der Waals surface area contributed by atoms with Crippen molar-refractivity contribution in [3.05, 3.63) is 46.8 Å². The number of amides is 1. The monoisotopic (exact) mass is 301 g/mol. The number of benzene rings is 1. The zero-order valence-electron chi connectivity index (χ0n) is 13.1. The highest BCUT2D eigenvalue weighted by molar-refractivity contribution is 5.95. The standard InChI is InChI=1S/C16H19N3O3/c1-10-5-13(11(2)18-10)9-17-19-16(20)12-6-14(21-3)8-15(7-12)22-4/h5-9,18H,1-4H3,(H,19,20)/b17-9+. The number of hydrogen-bond acceptors (Lipinski definition) is 4. The van der Waals surface area contributed by atoms with Gasteiger partial charge in [0.2, 0.25) is 0 Å². The third-order valence-corrected chi connectivity index (χ3v) is 3.17. The van der Waals surface area contributed by atoms with Crippen LogP contribution in [0.2, 0.25) is 0 Å². The number of nitrogens with zero attached hydrogens (tertiary/aromatic N) is 1. The Balaban J connectivity index is 2.10. The largest absolute Gasteiger partial charge is 0.497 e. The van der Waals surface area contributed by atoms with E-state index in [-0.39, 0.29) is 5.91 Å². The summed E-state index contributed by atoms with van der Waals surface area (Å²) >= 11 is 0. The van der Waals surface area contributed by atoms with E-state index < -0.39 is 0 Å². The molecular formula is C16H19N3O3. The lowest BCUT2D eigenvalue weighted by Gasteiger charge is -2.07. The number of carbonyl (C=O) groups is 1. The molecule has 1 aromatic heterocycles. The van der Waals surface area contributed by atoms with Gasteiger partial charge >= 0.3 is 0 Å². The fourth-order valence-electron chi connectivity index (χ4n) is 2.04. The number of carbonyl (C=O) groups excluding carboxylic acids is 1. The normalized spacial score (nSPS) is 10.7. The van der Waals surface area contributed by atoms with Crippen molar-refractivity contribution in [2.75, 3.05) is 14.2 Å². The molecule has 0 atom stereocenters. The highest BCUT2D eigenvalue weighted by Gasteiger charge is 2.09. The molecule has 1 heterocycles. The Labute approximate surface area is 129 Å². The molecule has 0 radical (unpaired) electrons. The van der Waals surface area contributed by atoms with Crippen LogP contribution in [0.15, 0.2) is 29.4 Å². The van der Waals surface area contributed by atoms with Crippen LogP contribution < -0.4 is 14.9 Å². The van der Waals surface area contributed by atoms with E-state index in [2.05, 4.69) is 15.5 Å². The van der Waals surface area contributed by atoms with Crippen LogP contribution in [-0.4, -0.2) is 31.3 Å². The van der Waals surface area contributed by atoms with Crippen LogP contribution in [0.5, 0.6) is 11.5 Å². The number of rotatable bonds is 5. The SMILES string of the molecule is COc1cc(OC)cc(C(=O)N/N=C/c2cc(C)[nH]c2C)c1. The molecule has 1 aromatic carbocycles. The first-order valence-corrected chi connectivity index (χ1v) is 6.76. The maximum absolute atomic E-state index is 12.1. The molecule has 2 aromatic rings. The van der Waals surface area contributed by atoms with E-state index >= 15 is 0 Å². The van der Waals surface area contributed by atoms with E-state index in [4.69, 9.17) is 9.47 Å². The highest BCUT2D eigenvalue weighted by Crippen LogP contribution is 2.22. The van der Waals surface area contributed by atoms with E-state index in [0.717, 1.165) is 17.0 Å². The fraction of sp³-hybridized carbons (Fsp3) is 0.250. The first-order valence-electron chi connectivity index (χ1n) is 6.76. The molecule has 1 amide bonds. The number of aryl methyl sites for hydroxylation is 2. The van der Waals surface area contributed by atoms with Gasteiger partial charge < -0.3 is 14.5 Å². The van der Waals surface area contributed by atoms with Crippen molar-refractivity contribution < 1.29 is 14.3 Å². The van der Waals surface area contributed by atoms with Gasteiger partial charge in [0.15, 0.2) is 0 Å². The Morgan fingerprint density at radius 1 is 1.14 bits per heavy atom. The summed E-state index contributed by atoms with van der Waals surface area (Å²) in [6, 6.07) is 6.91. The van der Waals surface area contributed by atoms with Gasteiger partial charge in [-0.25, -0.2) is 5.43 Å². The third kappa shape index (κ3) is 3.66. The number of hydrazone groups is 1. The van der Waals surface area contributed by atoms with Gasteiger partial charge in [0.1, 0.15) is 11.5 Å². The van der Waals surface area contributed by atoms with Crippen LogP contribution in [0.4, 0.5) is 0 Å². The molecule has 0 saturated carbocycles. The van der Waals surface area contributed by atoms with E-state index in [1.54, 1.807) is 24.4 Å². The topological polar surface area (TPSA) is 75.7 Å². The molecule has 0 fully saturated rings. The zero-order valence-corrected chi connectivity index (χ0v) is 13.1. The van der Waals surface area contributed by atoms with Gasteiger partial charge in [-0.2, -0.15) is 5.10 Å². The van der Waals surface area contributed by atoms with Crippen molar-refractivity contribution in [1.82, 2.24) is 10.4 Å². The predicted molar refractivity (Wildman–Crippen MR) is 84.9 cm³/mol. The molecule has 6 nitrogen and oxygen atoms in total. The van der Waals surface area contributed by atoms with Crippen LogP contribution in [0.1, 0.15) is 27.3 Å². The lowest BCUT2D eigenvalue weighted by atomic mass is 10.2. The lowest BCUT2D eigenvalue weighted by Crippen LogP contribution is -2.17. The summed E-state index contributed by atoms with van der Waals surface area (Å²) in [6.07, 6.45) is 1.61. The van der Waals surface area contributed by atoms with Gasteiger partial charge in [0.05, 0.1) is 20.4 Å². The average molecular weight is 301 g/mol. The molecule has 0 unspecified atom stereocenters. The first kappa shape index (κ1) is 15.6. The maximum atomic E-state index is 12.1. The minimum Gasteiger partial charge on any atom is -0.497 e. The molecule has 0 spiro atoms. The number of ether oxygens (including phenoxy) is 2. The summed E-state index contributed by atoms with van der Waals surface area (Å²) in [5, 5.41) is 3.98. The van der Waals surface area contributed by atoms with Gasteiger partial charge in [-0.05, 0) is 32.0 Å². The van der Waals surface area contributed by atoms with E-state index in [1.165, 1.54) is 14.2 Å². The Hall–Kier alpha value is -2.76. The minimum atomic E-state index is -0.335. The number of hydrogen-bond donors (Lipinski definition) is 2. The summed E-state index contributed by atoms with van der Waals surface area (Å²) < 4.78 is 10.3. The minimum absolute atomic E-state index is 0.335. The van der Waals surface area contributed by atoms with Crippen molar-refractivity contribution >= 4 is 12.1 Å². The molecule has 6 heteroatoms. The quantitative estimate of drug-likeness (QED) is 0.658. The molecule has 22 heavy (non-hydrogen) atoms. The number of nitrogens with one attached hydrogen (secondary N) is 2. The van der Waals surface area contributed by atoms with Gasteiger partial charge in [-0.15, -0.1) is 0 Å². The molecular weight excluding hydrogens is 282 g/mol. The van der Waals surface area contributed by atoms with Crippen LogP contribution in [0, 0.1) is 13.8 Å². The molecule has 116 valence electrons. The molecule has 0 aliphatic rings. The Bertz CT molecular complexity index is 682. The lowest BCUT2D eigenvalue weighted by molar-refractivity contribution is 0.0954. The summed E-state index contributed by atoms with van der Waals surface area (Å²) in [4.78, 5) is 15.3. The third-order valence-electron chi connectivity index (χ3n) is 3.17. The molecule has 2 rings (SSSR count). The van der Waals surface area contributed by atoms with E-state index in [0.29, 0.717) is 17.1 Å². The summed E-state index contributed by atoms with van der Waals surface area (Å²) in [5.74, 6) is 0.759. The van der Waals surface area contributed by atoms with Crippen molar-refractivity contribution in [3.63, 3.8) is 0 Å². The Morgan fingerprint density at radius 2 is 1.77 bits per heavy atom. The first-order chi connectivity index (χ1) is 10.5. The van der Waals surface area contributed by atoms with Crippen molar-refractivity contribution in [2.24, 2.45) is 5.10 Å². The number of H-pyrrole nitrogens is 1. The van der Waals surface area contributed by atoms with E-state index in [1.807, 2.05) is 19.9 Å². The van der Waals surface area contributed by atoms with Gasteiger partial charge in [0, 0.05) is 28.6 Å². The molecule has 0 aliphatic heterocycles. The van der Waals surface area contributed by atoms with Gasteiger partial charge in [-0.3, -0.25) is 4.79 Å². The van der Waals surface area contributed by atoms with E-state index in [9.17, 15) is 4.79 Å². The zero-order chi connectivity index (χ0) is 16.1. The van der Waals surface area contributed by atoms with Crippen molar-refractivity contribution in [1.29, 1.82) is 0 Å². The predicted octanol–water partition coefficient (Wildman–Crippen LogP) is 2.41. The molecule has 0 saturated heterocycles. The van der Waals surface area contributed by atoms with Gasteiger partial charge in [-0.1, -0.05) is 0 Å². The average Bonchev–Trinajstić information content (AvgIpc) is 2.84. The molecule has 0 aliphatic carbocycles. The van der Waals surface area contributed by atoms with Crippen molar-refractivity contribution in [3.8, 4) is 11.5 Å². The maximum Gasteiger partial charge on any atom is 0.271 e. The smallest absolute Gasteiger partial charge is 0.271 e. The Morgan fingerprint density at radius 3 is 2.27 bits per heavy atom.